The maximum atomic E-state index is 12.1. The number of fused-ring (bicyclic) bond motifs is 1. The van der Waals surface area contributed by atoms with E-state index in [1.807, 2.05) is 61.0 Å². The number of imidazole rings is 1. The lowest BCUT2D eigenvalue weighted by atomic mass is 10.2. The molecule has 1 amide bonds. The van der Waals surface area contributed by atoms with Gasteiger partial charge in [-0.1, -0.05) is 6.07 Å². The van der Waals surface area contributed by atoms with Crippen molar-refractivity contribution in [3.63, 3.8) is 0 Å². The molecule has 136 valence electrons. The number of rotatable bonds is 6. The molecule has 0 saturated carbocycles. The molecule has 6 heteroatoms. The lowest BCUT2D eigenvalue weighted by Crippen LogP contribution is -2.11. The Balaban J connectivity index is 1.43. The first-order valence-corrected chi connectivity index (χ1v) is 9.69. The van der Waals surface area contributed by atoms with E-state index in [0.29, 0.717) is 6.42 Å². The predicted molar refractivity (Wildman–Crippen MR) is 112 cm³/mol. The van der Waals surface area contributed by atoms with E-state index in [-0.39, 0.29) is 5.91 Å². The predicted octanol–water partition coefficient (Wildman–Crippen LogP) is 4.90. The summed E-state index contributed by atoms with van der Waals surface area (Å²) in [5.74, 6) is 0.841. The molecule has 0 unspecified atom stereocenters. The Labute approximate surface area is 161 Å². The average Bonchev–Trinajstić information content (AvgIpc) is 3.36. The zero-order valence-electron chi connectivity index (χ0n) is 15.0. The summed E-state index contributed by atoms with van der Waals surface area (Å²) in [6.45, 7) is 0. The Morgan fingerprint density at radius 3 is 2.67 bits per heavy atom. The third kappa shape index (κ3) is 4.01. The van der Waals surface area contributed by atoms with Crippen LogP contribution in [0.1, 0.15) is 11.3 Å². The number of carbonyl (C=O) groups excluding carboxylic acids is 1. The molecule has 4 rings (SSSR count). The van der Waals surface area contributed by atoms with E-state index >= 15 is 0 Å². The van der Waals surface area contributed by atoms with Gasteiger partial charge in [-0.05, 0) is 60.3 Å². The monoisotopic (exact) mass is 376 g/mol. The highest BCUT2D eigenvalue weighted by Gasteiger charge is 2.07. The van der Waals surface area contributed by atoms with Gasteiger partial charge in [0.2, 0.25) is 5.91 Å². The van der Waals surface area contributed by atoms with E-state index < -0.39 is 0 Å². The van der Waals surface area contributed by atoms with Crippen molar-refractivity contribution in [1.82, 2.24) is 9.97 Å². The number of nitrogens with one attached hydrogen (secondary N) is 3. The van der Waals surface area contributed by atoms with Crippen LogP contribution in [0.25, 0.3) is 22.4 Å². The highest BCUT2D eigenvalue weighted by Crippen LogP contribution is 2.24. The first-order chi connectivity index (χ1) is 13.2. The van der Waals surface area contributed by atoms with Gasteiger partial charge in [-0.3, -0.25) is 4.79 Å². The van der Waals surface area contributed by atoms with Crippen LogP contribution in [0.4, 0.5) is 11.4 Å². The van der Waals surface area contributed by atoms with Crippen LogP contribution in [0, 0.1) is 0 Å². The number of aryl methyl sites for hydroxylation is 1. The highest BCUT2D eigenvalue weighted by molar-refractivity contribution is 7.09. The number of amides is 1. The molecular weight excluding hydrogens is 356 g/mol. The lowest BCUT2D eigenvalue weighted by Gasteiger charge is -2.05. The van der Waals surface area contributed by atoms with E-state index in [2.05, 4.69) is 26.7 Å². The molecule has 0 atom stereocenters. The smallest absolute Gasteiger partial charge is 0.224 e. The molecule has 3 N–H and O–H groups in total. The van der Waals surface area contributed by atoms with Gasteiger partial charge in [0.25, 0.3) is 0 Å². The van der Waals surface area contributed by atoms with E-state index in [1.165, 1.54) is 4.88 Å². The number of carbonyl (C=O) groups is 1. The Morgan fingerprint density at radius 2 is 1.93 bits per heavy atom. The Kier molecular flexibility index (Phi) is 4.89. The zero-order chi connectivity index (χ0) is 18.6. The van der Waals surface area contributed by atoms with Gasteiger partial charge in [0.1, 0.15) is 5.82 Å². The van der Waals surface area contributed by atoms with Crippen LogP contribution >= 0.6 is 11.3 Å². The Bertz CT molecular complexity index is 1050. The standard InChI is InChI=1S/C21H20N4OS/c1-22-16-8-10-18-19(13-16)25-21(24-18)14-4-6-15(7-5-14)23-20(26)11-9-17-3-2-12-27-17/h2-8,10,12-13,22H,9,11H2,1H3,(H,23,26)(H,24,25). The summed E-state index contributed by atoms with van der Waals surface area (Å²) in [5, 5.41) is 8.11. The minimum absolute atomic E-state index is 0.0273. The average molecular weight is 376 g/mol. The van der Waals surface area contributed by atoms with Gasteiger partial charge >= 0.3 is 0 Å². The summed E-state index contributed by atoms with van der Waals surface area (Å²) in [6.07, 6.45) is 1.26. The van der Waals surface area contributed by atoms with Crippen molar-refractivity contribution in [3.8, 4) is 11.4 Å². The number of nitrogens with zero attached hydrogens (tertiary/aromatic N) is 1. The summed E-state index contributed by atoms with van der Waals surface area (Å²) >= 11 is 1.68. The van der Waals surface area contributed by atoms with Gasteiger partial charge in [0, 0.05) is 35.3 Å². The van der Waals surface area contributed by atoms with Crippen LogP contribution in [0.3, 0.4) is 0 Å². The van der Waals surface area contributed by atoms with Crippen molar-refractivity contribution >= 4 is 39.7 Å². The van der Waals surface area contributed by atoms with Gasteiger partial charge in [-0.2, -0.15) is 0 Å². The van der Waals surface area contributed by atoms with E-state index in [1.54, 1.807) is 11.3 Å². The first kappa shape index (κ1) is 17.3. The third-order valence-corrected chi connectivity index (χ3v) is 5.33. The van der Waals surface area contributed by atoms with Crippen LogP contribution < -0.4 is 10.6 Å². The summed E-state index contributed by atoms with van der Waals surface area (Å²) in [7, 11) is 1.89. The second-order valence-electron chi connectivity index (χ2n) is 6.27. The van der Waals surface area contributed by atoms with Gasteiger partial charge in [-0.25, -0.2) is 4.98 Å². The maximum absolute atomic E-state index is 12.1. The molecule has 27 heavy (non-hydrogen) atoms. The molecule has 0 radical (unpaired) electrons. The SMILES string of the molecule is CNc1ccc2nc(-c3ccc(NC(=O)CCc4cccs4)cc3)[nH]c2c1. The van der Waals surface area contributed by atoms with Crippen molar-refractivity contribution in [2.75, 3.05) is 17.7 Å². The van der Waals surface area contributed by atoms with E-state index in [9.17, 15) is 4.79 Å². The maximum Gasteiger partial charge on any atom is 0.224 e. The molecule has 0 saturated heterocycles. The molecular formula is C21H20N4OS. The van der Waals surface area contributed by atoms with E-state index in [0.717, 1.165) is 40.2 Å². The fourth-order valence-corrected chi connectivity index (χ4v) is 3.64. The number of hydrogen-bond acceptors (Lipinski definition) is 4. The second-order valence-corrected chi connectivity index (χ2v) is 7.30. The normalized spacial score (nSPS) is 10.9. The van der Waals surface area contributed by atoms with Crippen molar-refractivity contribution in [2.24, 2.45) is 0 Å². The molecule has 2 heterocycles. The topological polar surface area (TPSA) is 69.8 Å². The Morgan fingerprint density at radius 1 is 1.11 bits per heavy atom. The van der Waals surface area contributed by atoms with Gasteiger partial charge < -0.3 is 15.6 Å². The lowest BCUT2D eigenvalue weighted by molar-refractivity contribution is -0.116. The molecule has 4 aromatic rings. The number of aromatic amines is 1. The molecule has 0 aliphatic heterocycles. The summed E-state index contributed by atoms with van der Waals surface area (Å²) < 4.78 is 0. The van der Waals surface area contributed by atoms with Crippen molar-refractivity contribution in [1.29, 1.82) is 0 Å². The molecule has 5 nitrogen and oxygen atoms in total. The fourth-order valence-electron chi connectivity index (χ4n) is 2.93. The quantitative estimate of drug-likeness (QED) is 0.448. The number of thiophene rings is 1. The first-order valence-electron chi connectivity index (χ1n) is 8.81. The van der Waals surface area contributed by atoms with Gasteiger partial charge in [0.15, 0.2) is 0 Å². The third-order valence-electron chi connectivity index (χ3n) is 4.39. The number of H-pyrrole nitrogens is 1. The molecule has 0 aliphatic carbocycles. The van der Waals surface area contributed by atoms with Gasteiger partial charge in [0.05, 0.1) is 11.0 Å². The largest absolute Gasteiger partial charge is 0.388 e. The summed E-state index contributed by atoms with van der Waals surface area (Å²) in [5.41, 5.74) is 4.73. The van der Waals surface area contributed by atoms with Crippen LogP contribution in [0.5, 0.6) is 0 Å². The molecule has 0 aliphatic rings. The summed E-state index contributed by atoms with van der Waals surface area (Å²) in [4.78, 5) is 21.3. The van der Waals surface area contributed by atoms with Crippen molar-refractivity contribution in [2.45, 2.75) is 12.8 Å². The number of anilines is 2. The van der Waals surface area contributed by atoms with Crippen LogP contribution in [-0.2, 0) is 11.2 Å². The zero-order valence-corrected chi connectivity index (χ0v) is 15.8. The summed E-state index contributed by atoms with van der Waals surface area (Å²) in [6, 6.07) is 17.8. The number of aromatic nitrogens is 2. The minimum atomic E-state index is 0.0273. The van der Waals surface area contributed by atoms with Crippen LogP contribution in [0.15, 0.2) is 60.0 Å². The number of benzene rings is 2. The van der Waals surface area contributed by atoms with Crippen molar-refractivity contribution in [3.05, 3.63) is 64.9 Å². The minimum Gasteiger partial charge on any atom is -0.388 e. The van der Waals surface area contributed by atoms with Crippen LogP contribution in [0.2, 0.25) is 0 Å². The second kappa shape index (κ2) is 7.63. The number of hydrogen-bond donors (Lipinski definition) is 3. The fraction of sp³-hybridized carbons (Fsp3) is 0.143. The highest BCUT2D eigenvalue weighted by atomic mass is 32.1. The molecule has 2 aromatic heterocycles. The Hall–Kier alpha value is -3.12. The molecule has 0 fully saturated rings. The van der Waals surface area contributed by atoms with Gasteiger partial charge in [-0.15, -0.1) is 11.3 Å². The molecule has 0 spiro atoms. The van der Waals surface area contributed by atoms with E-state index in [4.69, 9.17) is 0 Å². The molecule has 0 bridgehead atoms. The van der Waals surface area contributed by atoms with Crippen molar-refractivity contribution < 1.29 is 4.79 Å². The van der Waals surface area contributed by atoms with Crippen LogP contribution in [-0.4, -0.2) is 22.9 Å². The molecule has 2 aromatic carbocycles.